The zero-order chi connectivity index (χ0) is 15.4. The lowest BCUT2D eigenvalue weighted by atomic mass is 10.1. The SMILES string of the molecule is C/C(=N/O)c1cc(F)ccc1OCc1cc(C)ccc1C. The first-order valence-electron chi connectivity index (χ1n) is 6.69. The molecule has 2 aromatic rings. The van der Waals surface area contributed by atoms with Crippen molar-refractivity contribution >= 4 is 5.71 Å². The Balaban J connectivity index is 2.26. The molecule has 0 fully saturated rings. The molecule has 0 unspecified atom stereocenters. The van der Waals surface area contributed by atoms with Crippen molar-refractivity contribution in [1.82, 2.24) is 0 Å². The van der Waals surface area contributed by atoms with Crippen molar-refractivity contribution in [2.75, 3.05) is 0 Å². The van der Waals surface area contributed by atoms with E-state index in [1.165, 1.54) is 12.1 Å². The topological polar surface area (TPSA) is 41.8 Å². The number of hydrogen-bond acceptors (Lipinski definition) is 3. The van der Waals surface area contributed by atoms with Gasteiger partial charge in [0.1, 0.15) is 18.2 Å². The minimum atomic E-state index is -0.396. The van der Waals surface area contributed by atoms with Crippen LogP contribution in [-0.2, 0) is 6.61 Å². The first kappa shape index (κ1) is 15.0. The molecular formula is C17H18FNO2. The molecule has 2 aromatic carbocycles. The van der Waals surface area contributed by atoms with E-state index in [0.29, 0.717) is 23.6 Å². The van der Waals surface area contributed by atoms with E-state index >= 15 is 0 Å². The predicted octanol–water partition coefficient (Wildman–Crippen LogP) is 4.22. The standard InChI is InChI=1S/C17H18FNO2/c1-11-4-5-12(2)14(8-11)10-21-17-7-6-15(18)9-16(17)13(3)19-20/h4-9,20H,10H2,1-3H3/b19-13-. The molecule has 0 aliphatic heterocycles. The third kappa shape index (κ3) is 3.60. The van der Waals surface area contributed by atoms with E-state index in [0.717, 1.165) is 16.7 Å². The molecule has 0 aromatic heterocycles. The van der Waals surface area contributed by atoms with Crippen LogP contribution in [0.2, 0.25) is 0 Å². The zero-order valence-corrected chi connectivity index (χ0v) is 12.4. The third-order valence-electron chi connectivity index (χ3n) is 3.37. The number of halogens is 1. The number of aryl methyl sites for hydroxylation is 2. The van der Waals surface area contributed by atoms with Crippen LogP contribution >= 0.6 is 0 Å². The molecule has 0 bridgehead atoms. The van der Waals surface area contributed by atoms with E-state index in [4.69, 9.17) is 9.94 Å². The normalized spacial score (nSPS) is 11.5. The molecule has 110 valence electrons. The largest absolute Gasteiger partial charge is 0.488 e. The maximum Gasteiger partial charge on any atom is 0.129 e. The summed E-state index contributed by atoms with van der Waals surface area (Å²) in [4.78, 5) is 0. The Kier molecular flexibility index (Phi) is 4.58. The second kappa shape index (κ2) is 6.39. The number of benzene rings is 2. The van der Waals surface area contributed by atoms with Crippen molar-refractivity contribution in [3.63, 3.8) is 0 Å². The fourth-order valence-electron chi connectivity index (χ4n) is 2.08. The van der Waals surface area contributed by atoms with Gasteiger partial charge in [-0.3, -0.25) is 0 Å². The quantitative estimate of drug-likeness (QED) is 0.519. The maximum atomic E-state index is 13.3. The molecular weight excluding hydrogens is 269 g/mol. The van der Waals surface area contributed by atoms with E-state index in [-0.39, 0.29) is 0 Å². The fourth-order valence-corrected chi connectivity index (χ4v) is 2.08. The first-order chi connectivity index (χ1) is 10.0. The highest BCUT2D eigenvalue weighted by Crippen LogP contribution is 2.23. The second-order valence-electron chi connectivity index (χ2n) is 5.04. The van der Waals surface area contributed by atoms with Crippen molar-refractivity contribution in [3.8, 4) is 5.75 Å². The molecule has 0 saturated carbocycles. The molecule has 4 heteroatoms. The predicted molar refractivity (Wildman–Crippen MR) is 80.6 cm³/mol. The molecule has 2 rings (SSSR count). The summed E-state index contributed by atoms with van der Waals surface area (Å²) in [6.07, 6.45) is 0. The number of hydrogen-bond donors (Lipinski definition) is 1. The van der Waals surface area contributed by atoms with Crippen molar-refractivity contribution in [2.24, 2.45) is 5.16 Å². The molecule has 0 radical (unpaired) electrons. The van der Waals surface area contributed by atoms with Crippen LogP contribution in [0.1, 0.15) is 29.2 Å². The van der Waals surface area contributed by atoms with Gasteiger partial charge in [0.05, 0.1) is 5.71 Å². The summed E-state index contributed by atoms with van der Waals surface area (Å²) in [5.74, 6) is 0.0969. The van der Waals surface area contributed by atoms with Crippen LogP contribution in [0.4, 0.5) is 4.39 Å². The lowest BCUT2D eigenvalue weighted by Crippen LogP contribution is -2.04. The first-order valence-corrected chi connectivity index (χ1v) is 6.69. The van der Waals surface area contributed by atoms with E-state index in [1.54, 1.807) is 13.0 Å². The molecule has 0 aliphatic carbocycles. The van der Waals surface area contributed by atoms with Crippen LogP contribution in [0.25, 0.3) is 0 Å². The highest BCUT2D eigenvalue weighted by Gasteiger charge is 2.10. The van der Waals surface area contributed by atoms with Gasteiger partial charge >= 0.3 is 0 Å². The van der Waals surface area contributed by atoms with Gasteiger partial charge < -0.3 is 9.94 Å². The average molecular weight is 287 g/mol. The highest BCUT2D eigenvalue weighted by molar-refractivity contribution is 6.00. The smallest absolute Gasteiger partial charge is 0.129 e. The van der Waals surface area contributed by atoms with Gasteiger partial charge in [0.25, 0.3) is 0 Å². The highest BCUT2D eigenvalue weighted by atomic mass is 19.1. The Morgan fingerprint density at radius 2 is 1.95 bits per heavy atom. The van der Waals surface area contributed by atoms with Crippen molar-refractivity contribution in [1.29, 1.82) is 0 Å². The Hall–Kier alpha value is -2.36. The minimum Gasteiger partial charge on any atom is -0.488 e. The van der Waals surface area contributed by atoms with Gasteiger partial charge in [0.15, 0.2) is 0 Å². The van der Waals surface area contributed by atoms with Crippen LogP contribution in [0.15, 0.2) is 41.6 Å². The molecule has 0 spiro atoms. The molecule has 0 atom stereocenters. The van der Waals surface area contributed by atoms with Gasteiger partial charge in [-0.25, -0.2) is 4.39 Å². The Labute approximate surface area is 123 Å². The van der Waals surface area contributed by atoms with Crippen LogP contribution in [0, 0.1) is 19.7 Å². The average Bonchev–Trinajstić information content (AvgIpc) is 2.48. The van der Waals surface area contributed by atoms with Gasteiger partial charge in [0.2, 0.25) is 0 Å². The monoisotopic (exact) mass is 287 g/mol. The van der Waals surface area contributed by atoms with Gasteiger partial charge in [-0.15, -0.1) is 0 Å². The summed E-state index contributed by atoms with van der Waals surface area (Å²) in [5.41, 5.74) is 4.13. The van der Waals surface area contributed by atoms with Crippen molar-refractivity contribution in [2.45, 2.75) is 27.4 Å². The molecule has 0 heterocycles. The van der Waals surface area contributed by atoms with Crippen LogP contribution in [0.3, 0.4) is 0 Å². The van der Waals surface area contributed by atoms with E-state index in [1.807, 2.05) is 26.0 Å². The second-order valence-corrected chi connectivity index (χ2v) is 5.04. The lowest BCUT2D eigenvalue weighted by Gasteiger charge is -2.13. The number of rotatable bonds is 4. The molecule has 1 N–H and O–H groups in total. The summed E-state index contributed by atoms with van der Waals surface area (Å²) in [6, 6.07) is 10.3. The summed E-state index contributed by atoms with van der Waals surface area (Å²) in [6.45, 7) is 6.02. The summed E-state index contributed by atoms with van der Waals surface area (Å²) in [5, 5.41) is 12.0. The van der Waals surface area contributed by atoms with Crippen molar-refractivity contribution < 1.29 is 14.3 Å². The molecule has 3 nitrogen and oxygen atoms in total. The van der Waals surface area contributed by atoms with E-state index in [9.17, 15) is 4.39 Å². The lowest BCUT2D eigenvalue weighted by molar-refractivity contribution is 0.302. The Morgan fingerprint density at radius 3 is 2.67 bits per heavy atom. The van der Waals surface area contributed by atoms with Crippen LogP contribution < -0.4 is 4.74 Å². The maximum absolute atomic E-state index is 13.3. The van der Waals surface area contributed by atoms with Crippen LogP contribution in [0.5, 0.6) is 5.75 Å². The van der Waals surface area contributed by atoms with Gasteiger partial charge in [-0.05, 0) is 50.1 Å². The minimum absolute atomic E-state index is 0.311. The van der Waals surface area contributed by atoms with Crippen LogP contribution in [-0.4, -0.2) is 10.9 Å². The summed E-state index contributed by atoms with van der Waals surface area (Å²) >= 11 is 0. The summed E-state index contributed by atoms with van der Waals surface area (Å²) in [7, 11) is 0. The zero-order valence-electron chi connectivity index (χ0n) is 12.4. The molecule has 0 amide bonds. The van der Waals surface area contributed by atoms with E-state index < -0.39 is 5.82 Å². The Morgan fingerprint density at radius 1 is 1.19 bits per heavy atom. The third-order valence-corrected chi connectivity index (χ3v) is 3.37. The fraction of sp³-hybridized carbons (Fsp3) is 0.235. The van der Waals surface area contributed by atoms with Gasteiger partial charge in [-0.2, -0.15) is 0 Å². The number of oxime groups is 1. The van der Waals surface area contributed by atoms with Gasteiger partial charge in [0, 0.05) is 5.56 Å². The Bertz CT molecular complexity index is 680. The number of nitrogens with zero attached hydrogens (tertiary/aromatic N) is 1. The van der Waals surface area contributed by atoms with Gasteiger partial charge in [-0.1, -0.05) is 28.9 Å². The molecule has 0 aliphatic rings. The summed E-state index contributed by atoms with van der Waals surface area (Å²) < 4.78 is 19.1. The van der Waals surface area contributed by atoms with Crippen molar-refractivity contribution in [3.05, 3.63) is 64.5 Å². The number of ether oxygens (including phenoxy) is 1. The molecule has 0 saturated heterocycles. The van der Waals surface area contributed by atoms with E-state index in [2.05, 4.69) is 11.2 Å². The molecule has 21 heavy (non-hydrogen) atoms.